The van der Waals surface area contributed by atoms with E-state index < -0.39 is 22.0 Å². The highest BCUT2D eigenvalue weighted by molar-refractivity contribution is 7.92. The number of carbonyl (C=O) groups excluding carboxylic acids is 1. The standard InChI is InChI=1S/C22H29ClN2O5S/c1-6-19(22(26)24-9-10-30-18-12-15(2)11-16(3)13-18)25(31(5,27)28)20-14-17(23)7-8-21(20)29-4/h7-8,11-14,19H,6,9-10H2,1-5H3,(H,24,26)/t19-/m0/s1. The first-order chi connectivity index (χ1) is 14.6. The van der Waals surface area contributed by atoms with Crippen molar-refractivity contribution in [3.05, 3.63) is 52.5 Å². The van der Waals surface area contributed by atoms with Crippen molar-refractivity contribution in [1.29, 1.82) is 0 Å². The molecule has 0 spiro atoms. The Labute approximate surface area is 189 Å². The Kier molecular flexibility index (Phi) is 8.59. The average molecular weight is 469 g/mol. The van der Waals surface area contributed by atoms with E-state index in [-0.39, 0.29) is 25.3 Å². The van der Waals surface area contributed by atoms with Crippen LogP contribution >= 0.6 is 11.6 Å². The van der Waals surface area contributed by atoms with Crippen LogP contribution in [0.1, 0.15) is 24.5 Å². The van der Waals surface area contributed by atoms with Gasteiger partial charge >= 0.3 is 0 Å². The van der Waals surface area contributed by atoms with Gasteiger partial charge in [-0.2, -0.15) is 0 Å². The number of benzene rings is 2. The molecule has 2 aromatic rings. The first-order valence-corrected chi connectivity index (χ1v) is 12.1. The molecule has 0 aliphatic carbocycles. The Morgan fingerprint density at radius 2 is 1.81 bits per heavy atom. The van der Waals surface area contributed by atoms with Crippen molar-refractivity contribution < 1.29 is 22.7 Å². The summed E-state index contributed by atoms with van der Waals surface area (Å²) in [6.07, 6.45) is 1.30. The minimum atomic E-state index is -3.80. The van der Waals surface area contributed by atoms with Crippen LogP contribution in [0.4, 0.5) is 5.69 Å². The molecule has 9 heteroatoms. The number of ether oxygens (including phenoxy) is 2. The molecule has 0 aliphatic heterocycles. The van der Waals surface area contributed by atoms with Gasteiger partial charge in [-0.15, -0.1) is 0 Å². The van der Waals surface area contributed by atoms with Crippen molar-refractivity contribution >= 4 is 33.2 Å². The van der Waals surface area contributed by atoms with Gasteiger partial charge < -0.3 is 14.8 Å². The number of rotatable bonds is 10. The number of amides is 1. The normalized spacial score (nSPS) is 12.2. The number of nitrogens with one attached hydrogen (secondary N) is 1. The van der Waals surface area contributed by atoms with Gasteiger partial charge in [0.1, 0.15) is 24.1 Å². The predicted molar refractivity (Wildman–Crippen MR) is 124 cm³/mol. The van der Waals surface area contributed by atoms with Crippen molar-refractivity contribution in [2.45, 2.75) is 33.2 Å². The summed E-state index contributed by atoms with van der Waals surface area (Å²) in [5.74, 6) is 0.596. The Bertz CT molecular complexity index is 1010. The summed E-state index contributed by atoms with van der Waals surface area (Å²) in [4.78, 5) is 12.9. The Balaban J connectivity index is 2.15. The molecule has 0 unspecified atom stereocenters. The smallest absolute Gasteiger partial charge is 0.244 e. The summed E-state index contributed by atoms with van der Waals surface area (Å²) in [5, 5.41) is 3.10. The first kappa shape index (κ1) is 24.8. The second-order valence-electron chi connectivity index (χ2n) is 7.26. The summed E-state index contributed by atoms with van der Waals surface area (Å²) in [5.41, 5.74) is 2.39. The lowest BCUT2D eigenvalue weighted by Gasteiger charge is -2.31. The molecule has 0 aliphatic rings. The molecule has 0 fully saturated rings. The van der Waals surface area contributed by atoms with E-state index in [0.29, 0.717) is 10.8 Å². The van der Waals surface area contributed by atoms with Gasteiger partial charge in [-0.25, -0.2) is 8.42 Å². The van der Waals surface area contributed by atoms with E-state index in [1.807, 2.05) is 32.0 Å². The van der Waals surface area contributed by atoms with Crippen LogP contribution in [0.2, 0.25) is 5.02 Å². The fraction of sp³-hybridized carbons (Fsp3) is 0.409. The quantitative estimate of drug-likeness (QED) is 0.537. The van der Waals surface area contributed by atoms with Crippen molar-refractivity contribution in [1.82, 2.24) is 5.32 Å². The van der Waals surface area contributed by atoms with Gasteiger partial charge in [0.15, 0.2) is 0 Å². The van der Waals surface area contributed by atoms with E-state index in [9.17, 15) is 13.2 Å². The zero-order chi connectivity index (χ0) is 23.2. The zero-order valence-electron chi connectivity index (χ0n) is 18.4. The lowest BCUT2D eigenvalue weighted by Crippen LogP contribution is -2.50. The van der Waals surface area contributed by atoms with Crippen molar-refractivity contribution in [3.8, 4) is 11.5 Å². The van der Waals surface area contributed by atoms with Gasteiger partial charge in [0.25, 0.3) is 0 Å². The van der Waals surface area contributed by atoms with E-state index in [1.165, 1.54) is 13.2 Å². The van der Waals surface area contributed by atoms with E-state index in [4.69, 9.17) is 21.1 Å². The Morgan fingerprint density at radius 1 is 1.16 bits per heavy atom. The monoisotopic (exact) mass is 468 g/mol. The molecule has 1 amide bonds. The Morgan fingerprint density at radius 3 is 2.35 bits per heavy atom. The molecule has 0 heterocycles. The van der Waals surface area contributed by atoms with Gasteiger partial charge in [-0.1, -0.05) is 24.6 Å². The van der Waals surface area contributed by atoms with Crippen molar-refractivity contribution in [2.24, 2.45) is 0 Å². The third-order valence-electron chi connectivity index (χ3n) is 4.57. The van der Waals surface area contributed by atoms with Crippen LogP contribution in [0.25, 0.3) is 0 Å². The summed E-state index contributed by atoms with van der Waals surface area (Å²) < 4.78 is 37.3. The minimum absolute atomic E-state index is 0.214. The number of hydrogen-bond acceptors (Lipinski definition) is 5. The third-order valence-corrected chi connectivity index (χ3v) is 5.97. The zero-order valence-corrected chi connectivity index (χ0v) is 20.0. The number of aryl methyl sites for hydroxylation is 2. The minimum Gasteiger partial charge on any atom is -0.495 e. The number of methoxy groups -OCH3 is 1. The molecular weight excluding hydrogens is 440 g/mol. The van der Waals surface area contributed by atoms with Crippen LogP contribution in [0.3, 0.4) is 0 Å². The van der Waals surface area contributed by atoms with E-state index in [2.05, 4.69) is 5.32 Å². The van der Waals surface area contributed by atoms with Gasteiger partial charge in [-0.05, 0) is 61.7 Å². The number of sulfonamides is 1. The number of anilines is 1. The number of hydrogen-bond donors (Lipinski definition) is 1. The molecule has 7 nitrogen and oxygen atoms in total. The summed E-state index contributed by atoms with van der Waals surface area (Å²) in [7, 11) is -2.38. The molecule has 1 N–H and O–H groups in total. The first-order valence-electron chi connectivity index (χ1n) is 9.88. The van der Waals surface area contributed by atoms with Crippen LogP contribution in [-0.4, -0.2) is 46.9 Å². The molecule has 170 valence electrons. The maximum atomic E-state index is 12.9. The van der Waals surface area contributed by atoms with Gasteiger partial charge in [-0.3, -0.25) is 9.10 Å². The lowest BCUT2D eigenvalue weighted by atomic mass is 10.1. The van der Waals surface area contributed by atoms with Crippen LogP contribution < -0.4 is 19.1 Å². The molecule has 0 radical (unpaired) electrons. The maximum Gasteiger partial charge on any atom is 0.244 e. The lowest BCUT2D eigenvalue weighted by molar-refractivity contribution is -0.122. The molecule has 2 rings (SSSR count). The molecule has 0 saturated carbocycles. The maximum absolute atomic E-state index is 12.9. The topological polar surface area (TPSA) is 84.9 Å². The highest BCUT2D eigenvalue weighted by Gasteiger charge is 2.33. The second-order valence-corrected chi connectivity index (χ2v) is 9.56. The van der Waals surface area contributed by atoms with E-state index in [1.54, 1.807) is 19.1 Å². The number of nitrogens with zero attached hydrogens (tertiary/aromatic N) is 1. The molecule has 2 aromatic carbocycles. The van der Waals surface area contributed by atoms with E-state index >= 15 is 0 Å². The second kappa shape index (κ2) is 10.7. The van der Waals surface area contributed by atoms with Crippen molar-refractivity contribution in [3.63, 3.8) is 0 Å². The van der Waals surface area contributed by atoms with Gasteiger partial charge in [0, 0.05) is 5.02 Å². The molecular formula is C22H29ClN2O5S. The molecule has 1 atom stereocenters. The molecule has 0 aromatic heterocycles. The largest absolute Gasteiger partial charge is 0.495 e. The molecule has 0 bridgehead atoms. The van der Waals surface area contributed by atoms with Gasteiger partial charge in [0.05, 0.1) is 25.6 Å². The fourth-order valence-corrected chi connectivity index (χ4v) is 4.72. The SMILES string of the molecule is CC[C@@H](C(=O)NCCOc1cc(C)cc(C)c1)N(c1cc(Cl)ccc1OC)S(C)(=O)=O. The van der Waals surface area contributed by atoms with Crippen LogP contribution in [0, 0.1) is 13.8 Å². The highest BCUT2D eigenvalue weighted by Crippen LogP contribution is 2.34. The van der Waals surface area contributed by atoms with Crippen LogP contribution in [0.5, 0.6) is 11.5 Å². The van der Waals surface area contributed by atoms with Crippen LogP contribution in [-0.2, 0) is 14.8 Å². The third kappa shape index (κ3) is 6.77. The fourth-order valence-electron chi connectivity index (χ4n) is 3.35. The predicted octanol–water partition coefficient (Wildman–Crippen LogP) is 3.71. The van der Waals surface area contributed by atoms with Gasteiger partial charge in [0.2, 0.25) is 15.9 Å². The summed E-state index contributed by atoms with van der Waals surface area (Å²) in [6, 6.07) is 9.54. The number of halogens is 1. The molecule has 0 saturated heterocycles. The summed E-state index contributed by atoms with van der Waals surface area (Å²) >= 11 is 6.08. The average Bonchev–Trinajstić information content (AvgIpc) is 2.67. The van der Waals surface area contributed by atoms with E-state index in [0.717, 1.165) is 27.4 Å². The molecule has 31 heavy (non-hydrogen) atoms. The highest BCUT2D eigenvalue weighted by atomic mass is 35.5. The Hall–Kier alpha value is -2.45. The van der Waals surface area contributed by atoms with Crippen molar-refractivity contribution in [2.75, 3.05) is 30.8 Å². The number of carbonyl (C=O) groups is 1. The van der Waals surface area contributed by atoms with Crippen LogP contribution in [0.15, 0.2) is 36.4 Å². The summed E-state index contributed by atoms with van der Waals surface area (Å²) in [6.45, 7) is 6.19.